The van der Waals surface area contributed by atoms with E-state index in [9.17, 15) is 9.59 Å². The lowest BCUT2D eigenvalue weighted by Crippen LogP contribution is -2.61. The topological polar surface area (TPSA) is 90.9 Å². The highest BCUT2D eigenvalue weighted by molar-refractivity contribution is 6.00. The zero-order chi connectivity index (χ0) is 21.1. The molecule has 0 bridgehead atoms. The van der Waals surface area contributed by atoms with Gasteiger partial charge in [-0.1, -0.05) is 30.3 Å². The molecule has 7 nitrogen and oxygen atoms in total. The second-order valence-corrected chi connectivity index (χ2v) is 7.84. The molecular weight excluding hydrogens is 382 g/mol. The molecule has 2 aliphatic heterocycles. The molecule has 1 spiro atoms. The Morgan fingerprint density at radius 1 is 1.27 bits per heavy atom. The fraction of sp³-hybridized carbons (Fsp3) is 0.304. The SMILES string of the molecule is Cc1cc(/C=C/C(=O)NO)cc2c1OC1(CCN(Cc3ccccc3)CC1)NC2=O. The average molecular weight is 407 g/mol. The first-order valence-corrected chi connectivity index (χ1v) is 10.0. The molecule has 0 atom stereocenters. The van der Waals surface area contributed by atoms with Crippen molar-refractivity contribution in [3.63, 3.8) is 0 Å². The molecule has 2 amide bonds. The van der Waals surface area contributed by atoms with Crippen molar-refractivity contribution in [1.29, 1.82) is 0 Å². The minimum Gasteiger partial charge on any atom is -0.467 e. The van der Waals surface area contributed by atoms with Gasteiger partial charge in [-0.3, -0.25) is 19.7 Å². The van der Waals surface area contributed by atoms with E-state index < -0.39 is 11.6 Å². The molecule has 156 valence electrons. The fourth-order valence-electron chi connectivity index (χ4n) is 4.05. The first kappa shape index (κ1) is 20.1. The van der Waals surface area contributed by atoms with Gasteiger partial charge in [0, 0.05) is 38.6 Å². The second kappa shape index (κ2) is 8.30. The van der Waals surface area contributed by atoms with E-state index in [4.69, 9.17) is 9.94 Å². The van der Waals surface area contributed by atoms with E-state index in [0.717, 1.165) is 25.2 Å². The van der Waals surface area contributed by atoms with Gasteiger partial charge in [-0.05, 0) is 41.8 Å². The normalized spacial score (nSPS) is 18.0. The van der Waals surface area contributed by atoms with Crippen LogP contribution in [0.15, 0.2) is 48.5 Å². The van der Waals surface area contributed by atoms with E-state index in [1.165, 1.54) is 11.6 Å². The van der Waals surface area contributed by atoms with Gasteiger partial charge in [0.25, 0.3) is 11.8 Å². The molecular formula is C23H25N3O4. The molecule has 4 rings (SSSR count). The molecule has 2 aromatic rings. The number of nitrogens with one attached hydrogen (secondary N) is 2. The maximum Gasteiger partial charge on any atom is 0.267 e. The van der Waals surface area contributed by atoms with E-state index >= 15 is 0 Å². The van der Waals surface area contributed by atoms with Crippen LogP contribution in [0.25, 0.3) is 6.08 Å². The average Bonchev–Trinajstić information content (AvgIpc) is 2.75. The number of hydrogen-bond donors (Lipinski definition) is 3. The summed E-state index contributed by atoms with van der Waals surface area (Å²) in [5, 5.41) is 11.7. The van der Waals surface area contributed by atoms with Crippen molar-refractivity contribution < 1.29 is 19.5 Å². The lowest BCUT2D eigenvalue weighted by atomic mass is 9.94. The Kier molecular flexibility index (Phi) is 5.57. The van der Waals surface area contributed by atoms with Gasteiger partial charge < -0.3 is 10.1 Å². The van der Waals surface area contributed by atoms with Gasteiger partial charge in [0.1, 0.15) is 5.75 Å². The Labute approximate surface area is 175 Å². The summed E-state index contributed by atoms with van der Waals surface area (Å²) in [6.45, 7) is 4.44. The summed E-state index contributed by atoms with van der Waals surface area (Å²) in [6.07, 6.45) is 4.16. The van der Waals surface area contributed by atoms with Gasteiger partial charge in [0.15, 0.2) is 5.72 Å². The molecule has 30 heavy (non-hydrogen) atoms. The number of fused-ring (bicyclic) bond motifs is 1. The maximum atomic E-state index is 12.9. The van der Waals surface area contributed by atoms with Gasteiger partial charge in [-0.15, -0.1) is 0 Å². The van der Waals surface area contributed by atoms with Gasteiger partial charge in [0.2, 0.25) is 0 Å². The summed E-state index contributed by atoms with van der Waals surface area (Å²) in [4.78, 5) is 26.5. The van der Waals surface area contributed by atoms with Crippen LogP contribution in [0.4, 0.5) is 0 Å². The van der Waals surface area contributed by atoms with Crippen LogP contribution in [-0.4, -0.2) is 40.7 Å². The zero-order valence-corrected chi connectivity index (χ0v) is 16.9. The smallest absolute Gasteiger partial charge is 0.267 e. The molecule has 0 saturated carbocycles. The van der Waals surface area contributed by atoms with Crippen molar-refractivity contribution >= 4 is 17.9 Å². The van der Waals surface area contributed by atoms with Crippen LogP contribution in [-0.2, 0) is 11.3 Å². The molecule has 0 radical (unpaired) electrons. The van der Waals surface area contributed by atoms with E-state index in [1.54, 1.807) is 17.6 Å². The Morgan fingerprint density at radius 2 is 2.00 bits per heavy atom. The summed E-state index contributed by atoms with van der Waals surface area (Å²) in [5.41, 5.74) is 4.11. The minimum absolute atomic E-state index is 0.169. The highest BCUT2D eigenvalue weighted by Gasteiger charge is 2.43. The molecule has 0 aromatic heterocycles. The number of aryl methyl sites for hydroxylation is 1. The van der Waals surface area contributed by atoms with Crippen molar-refractivity contribution in [3.8, 4) is 5.75 Å². The Balaban J connectivity index is 1.48. The number of piperidine rings is 1. The van der Waals surface area contributed by atoms with Crippen molar-refractivity contribution in [2.45, 2.75) is 32.0 Å². The van der Waals surface area contributed by atoms with Crippen LogP contribution >= 0.6 is 0 Å². The van der Waals surface area contributed by atoms with Crippen molar-refractivity contribution in [2.75, 3.05) is 13.1 Å². The molecule has 0 aliphatic carbocycles. The molecule has 2 aliphatic rings. The monoisotopic (exact) mass is 407 g/mol. The molecule has 7 heteroatoms. The molecule has 1 saturated heterocycles. The van der Waals surface area contributed by atoms with E-state index in [2.05, 4.69) is 22.3 Å². The summed E-state index contributed by atoms with van der Waals surface area (Å²) in [7, 11) is 0. The molecule has 1 fully saturated rings. The summed E-state index contributed by atoms with van der Waals surface area (Å²) in [5.74, 6) is -0.205. The molecule has 2 heterocycles. The van der Waals surface area contributed by atoms with Crippen molar-refractivity contribution in [1.82, 2.24) is 15.7 Å². The predicted molar refractivity (Wildman–Crippen MR) is 112 cm³/mol. The Hall–Kier alpha value is -3.16. The summed E-state index contributed by atoms with van der Waals surface area (Å²) < 4.78 is 6.36. The molecule has 3 N–H and O–H groups in total. The number of hydrogen-bond acceptors (Lipinski definition) is 5. The molecule has 0 unspecified atom stereocenters. The lowest BCUT2D eigenvalue weighted by molar-refractivity contribution is -0.124. The van der Waals surface area contributed by atoms with Crippen LogP contribution in [0.1, 0.15) is 39.9 Å². The zero-order valence-electron chi connectivity index (χ0n) is 16.9. The highest BCUT2D eigenvalue weighted by atomic mass is 16.5. The Bertz CT molecular complexity index is 979. The number of hydroxylamine groups is 1. The number of likely N-dealkylation sites (tertiary alicyclic amines) is 1. The van der Waals surface area contributed by atoms with Crippen LogP contribution < -0.4 is 15.5 Å². The number of amides is 2. The van der Waals surface area contributed by atoms with Crippen LogP contribution in [0.2, 0.25) is 0 Å². The van der Waals surface area contributed by atoms with Gasteiger partial charge in [0.05, 0.1) is 5.56 Å². The number of ether oxygens (including phenoxy) is 1. The number of carbonyl (C=O) groups is 2. The quantitative estimate of drug-likeness (QED) is 0.412. The summed E-state index contributed by atoms with van der Waals surface area (Å²) in [6, 6.07) is 13.9. The first-order valence-electron chi connectivity index (χ1n) is 10.0. The van der Waals surface area contributed by atoms with E-state index in [1.807, 2.05) is 31.2 Å². The number of benzene rings is 2. The van der Waals surface area contributed by atoms with Crippen LogP contribution in [0.3, 0.4) is 0 Å². The van der Waals surface area contributed by atoms with Gasteiger partial charge in [-0.25, -0.2) is 5.48 Å². The number of nitrogens with zero attached hydrogens (tertiary/aromatic N) is 1. The third-order valence-corrected chi connectivity index (χ3v) is 5.63. The highest BCUT2D eigenvalue weighted by Crippen LogP contribution is 2.37. The van der Waals surface area contributed by atoms with Gasteiger partial charge in [-0.2, -0.15) is 0 Å². The fourth-order valence-corrected chi connectivity index (χ4v) is 4.05. The van der Waals surface area contributed by atoms with E-state index in [-0.39, 0.29) is 5.91 Å². The third kappa shape index (κ3) is 4.22. The first-order chi connectivity index (χ1) is 14.5. The van der Waals surface area contributed by atoms with Gasteiger partial charge >= 0.3 is 0 Å². The number of carbonyl (C=O) groups excluding carboxylic acids is 2. The van der Waals surface area contributed by atoms with Crippen LogP contribution in [0, 0.1) is 6.92 Å². The largest absolute Gasteiger partial charge is 0.467 e. The standard InChI is InChI=1S/C23H25N3O4/c1-16-13-18(7-8-20(27)25-29)14-19-21(16)30-23(24-22(19)28)9-11-26(12-10-23)15-17-5-3-2-4-6-17/h2-8,13-14,29H,9-12,15H2,1H3,(H,24,28)(H,25,27)/b8-7+. The predicted octanol–water partition coefficient (Wildman–Crippen LogP) is 2.63. The summed E-state index contributed by atoms with van der Waals surface area (Å²) >= 11 is 0. The Morgan fingerprint density at radius 3 is 2.70 bits per heavy atom. The van der Waals surface area contributed by atoms with E-state index in [0.29, 0.717) is 29.7 Å². The van der Waals surface area contributed by atoms with Crippen molar-refractivity contribution in [2.24, 2.45) is 0 Å². The minimum atomic E-state index is -0.684. The maximum absolute atomic E-state index is 12.9. The third-order valence-electron chi connectivity index (χ3n) is 5.63. The van der Waals surface area contributed by atoms with Crippen LogP contribution in [0.5, 0.6) is 5.75 Å². The number of rotatable bonds is 4. The lowest BCUT2D eigenvalue weighted by Gasteiger charge is -2.45. The molecule has 2 aromatic carbocycles. The second-order valence-electron chi connectivity index (χ2n) is 7.84. The van der Waals surface area contributed by atoms with Crippen molar-refractivity contribution in [3.05, 3.63) is 70.8 Å².